The quantitative estimate of drug-likeness (QED) is 0.657. The summed E-state index contributed by atoms with van der Waals surface area (Å²) in [5.74, 6) is -0.277. The van der Waals surface area contributed by atoms with Crippen molar-refractivity contribution in [1.29, 1.82) is 0 Å². The summed E-state index contributed by atoms with van der Waals surface area (Å²) in [4.78, 5) is 18.2. The molecule has 1 aliphatic heterocycles. The van der Waals surface area contributed by atoms with Gasteiger partial charge in [-0.05, 0) is 55.3 Å². The molecule has 0 saturated carbocycles. The van der Waals surface area contributed by atoms with Crippen molar-refractivity contribution in [3.8, 4) is 0 Å². The zero-order valence-electron chi connectivity index (χ0n) is 14.9. The number of thiazole rings is 1. The fourth-order valence-corrected chi connectivity index (χ4v) is 5.11. The lowest BCUT2D eigenvalue weighted by Gasteiger charge is -2.31. The lowest BCUT2D eigenvalue weighted by atomic mass is 9.97. The second-order valence-electron chi connectivity index (χ2n) is 7.11. The minimum absolute atomic E-state index is 0.0809. The van der Waals surface area contributed by atoms with E-state index in [1.165, 1.54) is 10.6 Å². The van der Waals surface area contributed by atoms with Gasteiger partial charge in [-0.3, -0.25) is 9.69 Å². The average molecular weight is 401 g/mol. The minimum Gasteiger partial charge on any atom is -0.481 e. The predicted octanol–water partition coefficient (Wildman–Crippen LogP) is 4.96. The molecule has 0 spiro atoms. The molecule has 0 amide bonds. The van der Waals surface area contributed by atoms with Crippen LogP contribution in [0.15, 0.2) is 42.5 Å². The second-order valence-corrected chi connectivity index (χ2v) is 8.60. The molecule has 2 aromatic carbocycles. The normalized spacial score (nSPS) is 16.0. The molecule has 4 nitrogen and oxygen atoms in total. The molecule has 1 aromatic heterocycles. The van der Waals surface area contributed by atoms with E-state index in [1.54, 1.807) is 11.3 Å². The van der Waals surface area contributed by atoms with Gasteiger partial charge in [0.2, 0.25) is 0 Å². The molecule has 4 rings (SSSR count). The van der Waals surface area contributed by atoms with Crippen LogP contribution in [0.25, 0.3) is 10.2 Å². The van der Waals surface area contributed by atoms with E-state index in [9.17, 15) is 4.79 Å². The Kier molecular flexibility index (Phi) is 5.43. The molecular formula is C21H21ClN2O2S. The van der Waals surface area contributed by atoms with E-state index in [4.69, 9.17) is 21.7 Å². The van der Waals surface area contributed by atoms with Crippen molar-refractivity contribution in [1.82, 2.24) is 9.88 Å². The highest BCUT2D eigenvalue weighted by atomic mass is 35.5. The van der Waals surface area contributed by atoms with Gasteiger partial charge in [-0.25, -0.2) is 4.98 Å². The molecule has 3 aromatic rings. The van der Waals surface area contributed by atoms with E-state index >= 15 is 0 Å². The van der Waals surface area contributed by atoms with E-state index in [-0.39, 0.29) is 6.42 Å². The number of likely N-dealkylation sites (tertiary alicyclic amines) is 1. The van der Waals surface area contributed by atoms with Crippen molar-refractivity contribution in [2.45, 2.75) is 31.7 Å². The Morgan fingerprint density at radius 2 is 1.96 bits per heavy atom. The number of piperidine rings is 1. The van der Waals surface area contributed by atoms with Gasteiger partial charge < -0.3 is 5.11 Å². The van der Waals surface area contributed by atoms with Gasteiger partial charge in [-0.1, -0.05) is 35.9 Å². The Hall–Kier alpha value is -1.95. The van der Waals surface area contributed by atoms with Crippen LogP contribution in [-0.4, -0.2) is 34.0 Å². The molecular weight excluding hydrogens is 380 g/mol. The van der Waals surface area contributed by atoms with Gasteiger partial charge in [0.25, 0.3) is 0 Å². The Morgan fingerprint density at radius 3 is 2.74 bits per heavy atom. The van der Waals surface area contributed by atoms with E-state index in [2.05, 4.69) is 11.0 Å². The lowest BCUT2D eigenvalue weighted by molar-refractivity contribution is -0.136. The number of hydrogen-bond acceptors (Lipinski definition) is 4. The van der Waals surface area contributed by atoms with Crippen molar-refractivity contribution in [2.75, 3.05) is 13.1 Å². The fourth-order valence-electron chi connectivity index (χ4n) is 3.70. The zero-order valence-corrected chi connectivity index (χ0v) is 16.5. The largest absolute Gasteiger partial charge is 0.481 e. The van der Waals surface area contributed by atoms with Gasteiger partial charge in [-0.2, -0.15) is 0 Å². The molecule has 2 heterocycles. The van der Waals surface area contributed by atoms with E-state index in [0.29, 0.717) is 5.92 Å². The molecule has 27 heavy (non-hydrogen) atoms. The smallest absolute Gasteiger partial charge is 0.307 e. The fraction of sp³-hybridized carbons (Fsp3) is 0.333. The number of carbonyl (C=O) groups is 1. The Labute approximate surface area is 167 Å². The molecule has 1 N–H and O–H groups in total. The van der Waals surface area contributed by atoms with Gasteiger partial charge in [0.1, 0.15) is 0 Å². The third kappa shape index (κ3) is 4.49. The molecule has 6 heteroatoms. The van der Waals surface area contributed by atoms with Crippen LogP contribution in [0.3, 0.4) is 0 Å². The molecule has 0 atom stereocenters. The Bertz CT molecular complexity index is 964. The SMILES string of the molecule is O=C(O)Cc1cccc(CN2CCC(c3nc4ccc(Cl)cc4s3)CC2)c1. The molecule has 0 unspecified atom stereocenters. The topological polar surface area (TPSA) is 53.4 Å². The number of nitrogens with zero attached hydrogens (tertiary/aromatic N) is 2. The summed E-state index contributed by atoms with van der Waals surface area (Å²) in [7, 11) is 0. The highest BCUT2D eigenvalue weighted by Crippen LogP contribution is 2.35. The van der Waals surface area contributed by atoms with Crippen LogP contribution in [0, 0.1) is 0 Å². The number of aliphatic carboxylic acids is 1. The van der Waals surface area contributed by atoms with Crippen LogP contribution >= 0.6 is 22.9 Å². The number of aromatic nitrogens is 1. The molecule has 0 radical (unpaired) electrons. The molecule has 1 aliphatic rings. The van der Waals surface area contributed by atoms with Crippen molar-refractivity contribution in [3.05, 3.63) is 63.6 Å². The number of carboxylic acids is 1. The first-order valence-electron chi connectivity index (χ1n) is 9.15. The minimum atomic E-state index is -0.787. The van der Waals surface area contributed by atoms with E-state index in [1.807, 2.05) is 36.4 Å². The molecule has 140 valence electrons. The summed E-state index contributed by atoms with van der Waals surface area (Å²) >= 11 is 7.85. The summed E-state index contributed by atoms with van der Waals surface area (Å²) in [5, 5.41) is 10.9. The predicted molar refractivity (Wildman–Crippen MR) is 110 cm³/mol. The van der Waals surface area contributed by atoms with Crippen LogP contribution in [0.2, 0.25) is 5.02 Å². The van der Waals surface area contributed by atoms with Gasteiger partial charge in [-0.15, -0.1) is 11.3 Å². The van der Waals surface area contributed by atoms with Gasteiger partial charge in [0, 0.05) is 17.5 Å². The van der Waals surface area contributed by atoms with Crippen molar-refractivity contribution in [3.63, 3.8) is 0 Å². The Balaban J connectivity index is 1.37. The number of hydrogen-bond donors (Lipinski definition) is 1. The van der Waals surface area contributed by atoms with Crippen molar-refractivity contribution < 1.29 is 9.90 Å². The first kappa shape index (κ1) is 18.4. The van der Waals surface area contributed by atoms with Gasteiger partial charge in [0.05, 0.1) is 21.6 Å². The van der Waals surface area contributed by atoms with Crippen molar-refractivity contribution >= 4 is 39.1 Å². The summed E-state index contributed by atoms with van der Waals surface area (Å²) in [6, 6.07) is 13.8. The summed E-state index contributed by atoms with van der Waals surface area (Å²) < 4.78 is 1.16. The monoisotopic (exact) mass is 400 g/mol. The molecule has 1 saturated heterocycles. The summed E-state index contributed by atoms with van der Waals surface area (Å²) in [6.45, 7) is 2.94. The number of halogens is 1. The third-order valence-corrected chi connectivity index (χ3v) is 6.47. The van der Waals surface area contributed by atoms with E-state index in [0.717, 1.165) is 53.3 Å². The molecule has 0 aliphatic carbocycles. The first-order chi connectivity index (χ1) is 13.1. The van der Waals surface area contributed by atoms with Crippen LogP contribution < -0.4 is 0 Å². The van der Waals surface area contributed by atoms with Crippen LogP contribution in [0.5, 0.6) is 0 Å². The zero-order chi connectivity index (χ0) is 18.8. The number of benzene rings is 2. The van der Waals surface area contributed by atoms with E-state index < -0.39 is 5.97 Å². The van der Waals surface area contributed by atoms with Gasteiger partial charge >= 0.3 is 5.97 Å². The third-order valence-electron chi connectivity index (χ3n) is 5.06. The maximum Gasteiger partial charge on any atom is 0.307 e. The van der Waals surface area contributed by atoms with Crippen LogP contribution in [0.1, 0.15) is 34.9 Å². The number of carboxylic acid groups (broad SMARTS) is 1. The Morgan fingerprint density at radius 1 is 1.19 bits per heavy atom. The highest BCUT2D eigenvalue weighted by molar-refractivity contribution is 7.18. The highest BCUT2D eigenvalue weighted by Gasteiger charge is 2.23. The lowest BCUT2D eigenvalue weighted by Crippen LogP contribution is -2.32. The number of rotatable bonds is 5. The van der Waals surface area contributed by atoms with Gasteiger partial charge in [0.15, 0.2) is 0 Å². The molecule has 0 bridgehead atoms. The second kappa shape index (κ2) is 7.97. The summed E-state index contributed by atoms with van der Waals surface area (Å²) in [6.07, 6.45) is 2.28. The van der Waals surface area contributed by atoms with Crippen LogP contribution in [-0.2, 0) is 17.8 Å². The number of fused-ring (bicyclic) bond motifs is 1. The molecule has 1 fully saturated rings. The standard InChI is InChI=1S/C21H21ClN2O2S/c22-17-4-5-18-19(12-17)27-21(23-18)16-6-8-24(9-7-16)13-15-3-1-2-14(10-15)11-20(25)26/h1-5,10,12,16H,6-9,11,13H2,(H,25,26). The van der Waals surface area contributed by atoms with Crippen LogP contribution in [0.4, 0.5) is 0 Å². The maximum absolute atomic E-state index is 10.9. The first-order valence-corrected chi connectivity index (χ1v) is 10.3. The van der Waals surface area contributed by atoms with Crippen molar-refractivity contribution in [2.24, 2.45) is 0 Å². The maximum atomic E-state index is 10.9. The average Bonchev–Trinajstić information content (AvgIpc) is 3.05. The summed E-state index contributed by atoms with van der Waals surface area (Å²) in [5.41, 5.74) is 3.09.